The molecule has 0 unspecified atom stereocenters. The highest BCUT2D eigenvalue weighted by Crippen LogP contribution is 2.42. The van der Waals surface area contributed by atoms with Gasteiger partial charge in [0, 0.05) is 36.7 Å². The molecule has 0 aliphatic heterocycles. The van der Waals surface area contributed by atoms with E-state index in [2.05, 4.69) is 150 Å². The predicted molar refractivity (Wildman–Crippen MR) is 226 cm³/mol. The Morgan fingerprint density at radius 1 is 0.843 bits per heavy atom. The van der Waals surface area contributed by atoms with Gasteiger partial charge < -0.3 is 23.5 Å². The monoisotopic (exact) mass is 813 g/mol. The van der Waals surface area contributed by atoms with Crippen LogP contribution in [-0.4, -0.2) is 56.8 Å². The summed E-state index contributed by atoms with van der Waals surface area (Å²) >= 11 is 3.71. The van der Waals surface area contributed by atoms with E-state index < -0.39 is 24.7 Å². The summed E-state index contributed by atoms with van der Waals surface area (Å²) < 4.78 is 25.1. The van der Waals surface area contributed by atoms with E-state index in [1.807, 2.05) is 4.68 Å². The molecule has 2 aromatic carbocycles. The first kappa shape index (κ1) is 40.4. The largest absolute Gasteiger partial charge is 0.414 e. The van der Waals surface area contributed by atoms with E-state index in [0.29, 0.717) is 25.5 Å². The first-order valence-corrected chi connectivity index (χ1v) is 29.2. The second kappa shape index (κ2) is 15.1. The number of benzene rings is 2. The fourth-order valence-electron chi connectivity index (χ4n) is 6.16. The number of hydrogen-bond acceptors (Lipinski definition) is 6. The lowest BCUT2D eigenvalue weighted by Gasteiger charge is -2.41. The fourth-order valence-corrected chi connectivity index (χ4v) is 9.67. The van der Waals surface area contributed by atoms with Crippen LogP contribution >= 0.6 is 15.9 Å². The molecule has 12 heteroatoms. The standard InChI is InChI=1S/C39H64BrN5O3Si3/c1-38(2,3)50(10,11)47-26-28-14-20-35-33(24-28)41-37(45(35)30-16-18-31(19-17-30)48-51(12,13)39(4,5)6)42-36-32-25-29(40)15-21-34(32)44(43-36)27-46-22-23-49(7,8)9/h14-15,20-21,24-25,30-31H,16-19,22-23,26-27H2,1-13H3,(H,41,42,43). The van der Waals surface area contributed by atoms with E-state index in [1.54, 1.807) is 0 Å². The van der Waals surface area contributed by atoms with Crippen LogP contribution in [0.4, 0.5) is 11.8 Å². The van der Waals surface area contributed by atoms with Crippen molar-refractivity contribution < 1.29 is 13.6 Å². The summed E-state index contributed by atoms with van der Waals surface area (Å²) in [7, 11) is -4.92. The molecule has 0 bridgehead atoms. The van der Waals surface area contributed by atoms with Crippen molar-refractivity contribution in [1.82, 2.24) is 19.3 Å². The SMILES string of the molecule is CC(C)(C)[Si](C)(C)OCc1ccc2c(c1)nc(Nc1nn(COCC[Si](C)(C)C)c3ccc(Br)cc13)n2C1CCC(O[Si](C)(C)C(C)(C)C)CC1. The number of anilines is 2. The number of imidazole rings is 1. The van der Waals surface area contributed by atoms with Crippen molar-refractivity contribution in [2.24, 2.45) is 0 Å². The maximum Gasteiger partial charge on any atom is 0.209 e. The molecule has 51 heavy (non-hydrogen) atoms. The molecular formula is C39H64BrN5O3Si3. The lowest BCUT2D eigenvalue weighted by atomic mass is 9.93. The summed E-state index contributed by atoms with van der Waals surface area (Å²) in [6.07, 6.45) is 4.50. The molecule has 0 amide bonds. The molecule has 1 aliphatic rings. The zero-order valence-corrected chi connectivity index (χ0v) is 38.3. The number of fused-ring (bicyclic) bond motifs is 2. The molecule has 0 saturated heterocycles. The van der Waals surface area contributed by atoms with Crippen LogP contribution in [-0.2, 0) is 26.9 Å². The van der Waals surface area contributed by atoms with Crippen molar-refractivity contribution >= 4 is 74.3 Å². The molecule has 2 heterocycles. The van der Waals surface area contributed by atoms with Crippen molar-refractivity contribution in [3.8, 4) is 0 Å². The van der Waals surface area contributed by atoms with Crippen molar-refractivity contribution in [2.75, 3.05) is 11.9 Å². The van der Waals surface area contributed by atoms with Gasteiger partial charge in [-0.1, -0.05) is 83.2 Å². The van der Waals surface area contributed by atoms with Gasteiger partial charge in [-0.3, -0.25) is 0 Å². The highest BCUT2D eigenvalue weighted by Gasteiger charge is 2.40. The van der Waals surface area contributed by atoms with Crippen LogP contribution in [0.15, 0.2) is 40.9 Å². The average molecular weight is 815 g/mol. The van der Waals surface area contributed by atoms with Gasteiger partial charge in [0.05, 0.1) is 23.2 Å². The van der Waals surface area contributed by atoms with Gasteiger partial charge in [0.25, 0.3) is 0 Å². The molecule has 5 rings (SSSR count). The Morgan fingerprint density at radius 2 is 1.49 bits per heavy atom. The van der Waals surface area contributed by atoms with Gasteiger partial charge in [0.15, 0.2) is 22.5 Å². The highest BCUT2D eigenvalue weighted by molar-refractivity contribution is 9.10. The minimum Gasteiger partial charge on any atom is -0.414 e. The number of nitrogens with zero attached hydrogens (tertiary/aromatic N) is 4. The third kappa shape index (κ3) is 9.66. The van der Waals surface area contributed by atoms with E-state index in [9.17, 15) is 0 Å². The Labute approximate surface area is 318 Å². The Hall–Kier alpha value is -1.81. The van der Waals surface area contributed by atoms with Gasteiger partial charge in [-0.25, -0.2) is 9.67 Å². The lowest BCUT2D eigenvalue weighted by molar-refractivity contribution is 0.0819. The van der Waals surface area contributed by atoms with E-state index in [0.717, 1.165) is 82.1 Å². The summed E-state index contributed by atoms with van der Waals surface area (Å²) in [5.41, 5.74) is 4.31. The number of halogens is 1. The maximum absolute atomic E-state index is 6.90. The zero-order valence-electron chi connectivity index (χ0n) is 33.7. The first-order chi connectivity index (χ1) is 23.5. The van der Waals surface area contributed by atoms with E-state index >= 15 is 0 Å². The number of nitrogens with one attached hydrogen (secondary N) is 1. The minimum atomic E-state index is -1.89. The van der Waals surface area contributed by atoms with Crippen LogP contribution in [0.3, 0.4) is 0 Å². The van der Waals surface area contributed by atoms with Gasteiger partial charge >= 0.3 is 0 Å². The number of ether oxygens (including phenoxy) is 1. The topological polar surface area (TPSA) is 75.4 Å². The molecule has 1 fully saturated rings. The third-order valence-electron chi connectivity index (χ3n) is 11.6. The lowest BCUT2D eigenvalue weighted by Crippen LogP contribution is -2.44. The van der Waals surface area contributed by atoms with Gasteiger partial charge in [0.1, 0.15) is 6.73 Å². The normalized spacial score (nSPS) is 18.2. The van der Waals surface area contributed by atoms with Gasteiger partial charge in [-0.15, -0.1) is 0 Å². The molecular weight excluding hydrogens is 751 g/mol. The summed E-state index contributed by atoms with van der Waals surface area (Å²) in [5, 5.41) is 10.2. The summed E-state index contributed by atoms with van der Waals surface area (Å²) in [4.78, 5) is 5.28. The average Bonchev–Trinajstić information content (AvgIpc) is 3.53. The Morgan fingerprint density at radius 3 is 2.12 bits per heavy atom. The summed E-state index contributed by atoms with van der Waals surface area (Å²) in [6.45, 7) is 32.1. The molecule has 0 atom stereocenters. The van der Waals surface area contributed by atoms with Crippen molar-refractivity contribution in [2.45, 2.75) is 155 Å². The Kier molecular flexibility index (Phi) is 12.0. The van der Waals surface area contributed by atoms with Crippen molar-refractivity contribution in [3.63, 3.8) is 0 Å². The van der Waals surface area contributed by atoms with E-state index in [-0.39, 0.29) is 10.1 Å². The molecule has 1 saturated carbocycles. The van der Waals surface area contributed by atoms with Crippen molar-refractivity contribution in [1.29, 1.82) is 0 Å². The van der Waals surface area contributed by atoms with Gasteiger partial charge in [0.2, 0.25) is 5.95 Å². The molecule has 1 aliphatic carbocycles. The molecule has 0 spiro atoms. The van der Waals surface area contributed by atoms with Crippen LogP contribution in [0.25, 0.3) is 21.9 Å². The van der Waals surface area contributed by atoms with Crippen LogP contribution in [0.5, 0.6) is 0 Å². The second-order valence-corrected chi connectivity index (χ2v) is 35.1. The van der Waals surface area contributed by atoms with Crippen LogP contribution < -0.4 is 5.32 Å². The number of hydrogen-bond donors (Lipinski definition) is 1. The molecule has 0 radical (unpaired) electrons. The number of aromatic nitrogens is 4. The third-order valence-corrected chi connectivity index (χ3v) is 22.8. The Bertz CT molecular complexity index is 1810. The summed E-state index contributed by atoms with van der Waals surface area (Å²) in [6, 6.07) is 14.4. The number of rotatable bonds is 13. The van der Waals surface area contributed by atoms with Crippen LogP contribution in [0.1, 0.15) is 78.8 Å². The molecule has 2 aromatic heterocycles. The second-order valence-electron chi connectivity index (χ2n) is 19.0. The van der Waals surface area contributed by atoms with Gasteiger partial charge in [-0.2, -0.15) is 5.10 Å². The maximum atomic E-state index is 6.90. The first-order valence-electron chi connectivity index (χ1n) is 18.9. The molecule has 282 valence electrons. The predicted octanol–water partition coefficient (Wildman–Crippen LogP) is 12.2. The quantitative estimate of drug-likeness (QED) is 0.107. The van der Waals surface area contributed by atoms with Gasteiger partial charge in [-0.05, 0) is 104 Å². The zero-order chi connectivity index (χ0) is 37.6. The summed E-state index contributed by atoms with van der Waals surface area (Å²) in [5.74, 6) is 1.61. The van der Waals surface area contributed by atoms with Crippen LogP contribution in [0.2, 0.25) is 61.9 Å². The fraction of sp³-hybridized carbons (Fsp3) is 0.641. The molecule has 1 N–H and O–H groups in total. The highest BCUT2D eigenvalue weighted by atomic mass is 79.9. The molecule has 8 nitrogen and oxygen atoms in total. The van der Waals surface area contributed by atoms with E-state index in [1.165, 1.54) is 0 Å². The van der Waals surface area contributed by atoms with Crippen molar-refractivity contribution in [3.05, 3.63) is 46.4 Å². The minimum absolute atomic E-state index is 0.156. The van der Waals surface area contributed by atoms with E-state index in [4.69, 9.17) is 23.7 Å². The smallest absolute Gasteiger partial charge is 0.209 e. The van der Waals surface area contributed by atoms with Crippen LogP contribution in [0, 0.1) is 0 Å². The Balaban J connectivity index is 1.47. The molecule has 4 aromatic rings.